The second-order valence-corrected chi connectivity index (χ2v) is 6.40. The lowest BCUT2D eigenvalue weighted by Gasteiger charge is -2.08. The van der Waals surface area contributed by atoms with Crippen LogP contribution in [0.5, 0.6) is 0 Å². The first-order valence-electron chi connectivity index (χ1n) is 8.50. The van der Waals surface area contributed by atoms with Crippen molar-refractivity contribution in [1.82, 2.24) is 0 Å². The molecule has 0 aromatic heterocycles. The molecule has 7 nitrogen and oxygen atoms in total. The van der Waals surface area contributed by atoms with Gasteiger partial charge in [0.1, 0.15) is 5.02 Å². The average molecular weight is 411 g/mol. The van der Waals surface area contributed by atoms with Gasteiger partial charge in [-0.15, -0.1) is 0 Å². The lowest BCUT2D eigenvalue weighted by molar-refractivity contribution is -0.384. The van der Waals surface area contributed by atoms with Crippen LogP contribution < -0.4 is 5.32 Å². The van der Waals surface area contributed by atoms with E-state index in [9.17, 15) is 19.7 Å². The number of nitro groups is 1. The molecule has 3 aromatic carbocycles. The first-order valence-corrected chi connectivity index (χ1v) is 8.88. The molecule has 0 aliphatic carbocycles. The first-order chi connectivity index (χ1) is 13.9. The molecular formula is C21H15ClN2O5. The third kappa shape index (κ3) is 5.18. The molecule has 1 amide bonds. The van der Waals surface area contributed by atoms with Crippen molar-refractivity contribution in [2.75, 3.05) is 11.9 Å². The van der Waals surface area contributed by atoms with Gasteiger partial charge in [0.05, 0.1) is 10.5 Å². The molecule has 0 saturated heterocycles. The van der Waals surface area contributed by atoms with Gasteiger partial charge in [0.15, 0.2) is 6.61 Å². The Balaban J connectivity index is 1.57. The third-order valence-corrected chi connectivity index (χ3v) is 4.31. The van der Waals surface area contributed by atoms with E-state index in [2.05, 4.69) is 5.32 Å². The predicted octanol–water partition coefficient (Wildman–Crippen LogP) is 4.71. The molecule has 3 aromatic rings. The number of nitrogens with one attached hydrogen (secondary N) is 1. The summed E-state index contributed by atoms with van der Waals surface area (Å²) in [7, 11) is 0. The fraction of sp³-hybridized carbons (Fsp3) is 0.0476. The molecule has 0 fully saturated rings. The van der Waals surface area contributed by atoms with Gasteiger partial charge in [-0.3, -0.25) is 14.9 Å². The number of esters is 1. The van der Waals surface area contributed by atoms with Gasteiger partial charge in [-0.2, -0.15) is 0 Å². The van der Waals surface area contributed by atoms with Crippen molar-refractivity contribution in [2.45, 2.75) is 0 Å². The molecule has 29 heavy (non-hydrogen) atoms. The van der Waals surface area contributed by atoms with Gasteiger partial charge in [0.2, 0.25) is 0 Å². The summed E-state index contributed by atoms with van der Waals surface area (Å²) in [5.41, 5.74) is 2.11. The number of nitro benzene ring substituents is 1. The van der Waals surface area contributed by atoms with Crippen LogP contribution in [0.15, 0.2) is 72.8 Å². The van der Waals surface area contributed by atoms with E-state index in [-0.39, 0.29) is 16.4 Å². The van der Waals surface area contributed by atoms with Crippen molar-refractivity contribution in [3.63, 3.8) is 0 Å². The normalized spacial score (nSPS) is 10.2. The Morgan fingerprint density at radius 3 is 2.28 bits per heavy atom. The summed E-state index contributed by atoms with van der Waals surface area (Å²) in [5.74, 6) is -1.28. The lowest BCUT2D eigenvalue weighted by Crippen LogP contribution is -2.21. The molecule has 3 rings (SSSR count). The van der Waals surface area contributed by atoms with E-state index in [4.69, 9.17) is 16.3 Å². The second-order valence-electron chi connectivity index (χ2n) is 5.99. The zero-order valence-corrected chi connectivity index (χ0v) is 15.8. The van der Waals surface area contributed by atoms with Crippen LogP contribution in [0.2, 0.25) is 5.02 Å². The van der Waals surface area contributed by atoms with Crippen LogP contribution in [0, 0.1) is 10.1 Å². The maximum Gasteiger partial charge on any atom is 0.338 e. The van der Waals surface area contributed by atoms with E-state index in [0.717, 1.165) is 17.2 Å². The van der Waals surface area contributed by atoms with Crippen molar-refractivity contribution in [3.05, 3.63) is 93.5 Å². The van der Waals surface area contributed by atoms with E-state index < -0.39 is 23.4 Å². The highest BCUT2D eigenvalue weighted by atomic mass is 35.5. The number of halogens is 1. The number of amides is 1. The number of carbonyl (C=O) groups is 2. The molecule has 1 N–H and O–H groups in total. The summed E-state index contributed by atoms with van der Waals surface area (Å²) in [6, 6.07) is 20.3. The number of ether oxygens (including phenoxy) is 1. The van der Waals surface area contributed by atoms with E-state index in [0.29, 0.717) is 5.56 Å². The van der Waals surface area contributed by atoms with Crippen LogP contribution in [0.4, 0.5) is 11.4 Å². The molecule has 0 atom stereocenters. The van der Waals surface area contributed by atoms with Crippen LogP contribution in [0.25, 0.3) is 11.1 Å². The smallest absolute Gasteiger partial charge is 0.338 e. The monoisotopic (exact) mass is 410 g/mol. The Morgan fingerprint density at radius 2 is 1.62 bits per heavy atom. The maximum atomic E-state index is 12.1. The van der Waals surface area contributed by atoms with Gasteiger partial charge < -0.3 is 10.1 Å². The van der Waals surface area contributed by atoms with Gasteiger partial charge in [0.25, 0.3) is 11.6 Å². The maximum absolute atomic E-state index is 12.1. The van der Waals surface area contributed by atoms with Crippen LogP contribution in [0.1, 0.15) is 10.4 Å². The summed E-state index contributed by atoms with van der Waals surface area (Å²) in [6.45, 7) is -0.532. The van der Waals surface area contributed by atoms with E-state index in [1.54, 1.807) is 24.3 Å². The van der Waals surface area contributed by atoms with Crippen LogP contribution in [0.3, 0.4) is 0 Å². The standard InChI is InChI=1S/C21H15ClN2O5/c22-18-11-10-17(12-19(18)24(27)28)23-20(25)13-29-21(26)16-8-6-15(7-9-16)14-4-2-1-3-5-14/h1-12H,13H2,(H,23,25). The molecule has 146 valence electrons. The molecule has 0 aliphatic rings. The highest BCUT2D eigenvalue weighted by molar-refractivity contribution is 6.32. The summed E-state index contributed by atoms with van der Waals surface area (Å²) < 4.78 is 5.00. The van der Waals surface area contributed by atoms with Crippen molar-refractivity contribution in [3.8, 4) is 11.1 Å². The molecule has 0 aliphatic heterocycles. The Hall–Kier alpha value is -3.71. The average Bonchev–Trinajstić information content (AvgIpc) is 2.74. The van der Waals surface area contributed by atoms with E-state index in [1.165, 1.54) is 12.1 Å². The van der Waals surface area contributed by atoms with Crippen molar-refractivity contribution >= 4 is 34.9 Å². The van der Waals surface area contributed by atoms with E-state index >= 15 is 0 Å². The highest BCUT2D eigenvalue weighted by Crippen LogP contribution is 2.27. The lowest BCUT2D eigenvalue weighted by atomic mass is 10.0. The van der Waals surface area contributed by atoms with Crippen molar-refractivity contribution < 1.29 is 19.2 Å². The molecule has 0 heterocycles. The number of hydrogen-bond acceptors (Lipinski definition) is 5. The fourth-order valence-electron chi connectivity index (χ4n) is 2.57. The van der Waals surface area contributed by atoms with Crippen molar-refractivity contribution in [2.24, 2.45) is 0 Å². The fourth-order valence-corrected chi connectivity index (χ4v) is 2.76. The zero-order valence-electron chi connectivity index (χ0n) is 15.0. The first kappa shape index (κ1) is 20.0. The van der Waals surface area contributed by atoms with Gasteiger partial charge in [-0.1, -0.05) is 54.1 Å². The van der Waals surface area contributed by atoms with E-state index in [1.807, 2.05) is 30.3 Å². The molecule has 0 bridgehead atoms. The largest absolute Gasteiger partial charge is 0.452 e. The van der Waals surface area contributed by atoms with Gasteiger partial charge in [-0.25, -0.2) is 4.79 Å². The Kier molecular flexibility index (Phi) is 6.21. The summed E-state index contributed by atoms with van der Waals surface area (Å²) >= 11 is 5.72. The minimum Gasteiger partial charge on any atom is -0.452 e. The minimum absolute atomic E-state index is 0.0432. The van der Waals surface area contributed by atoms with Crippen LogP contribution in [-0.2, 0) is 9.53 Å². The summed E-state index contributed by atoms with van der Waals surface area (Å²) in [5, 5.41) is 13.3. The Bertz CT molecular complexity index is 1050. The van der Waals surface area contributed by atoms with Crippen LogP contribution in [-0.4, -0.2) is 23.4 Å². The second kappa shape index (κ2) is 8.99. The molecular weight excluding hydrogens is 396 g/mol. The summed E-state index contributed by atoms with van der Waals surface area (Å²) in [6.07, 6.45) is 0. The van der Waals surface area contributed by atoms with Crippen LogP contribution >= 0.6 is 11.6 Å². The summed E-state index contributed by atoms with van der Waals surface area (Å²) in [4.78, 5) is 34.3. The topological polar surface area (TPSA) is 98.5 Å². The molecule has 0 unspecified atom stereocenters. The minimum atomic E-state index is -0.656. The molecule has 8 heteroatoms. The van der Waals surface area contributed by atoms with Crippen molar-refractivity contribution in [1.29, 1.82) is 0 Å². The SMILES string of the molecule is O=C(COC(=O)c1ccc(-c2ccccc2)cc1)Nc1ccc(Cl)c([N+](=O)[O-])c1. The number of nitrogens with zero attached hydrogens (tertiary/aromatic N) is 1. The number of hydrogen-bond donors (Lipinski definition) is 1. The number of anilines is 1. The molecule has 0 saturated carbocycles. The number of benzene rings is 3. The molecule has 0 spiro atoms. The quantitative estimate of drug-likeness (QED) is 0.360. The predicted molar refractivity (Wildman–Crippen MR) is 109 cm³/mol. The third-order valence-electron chi connectivity index (χ3n) is 3.99. The molecule has 0 radical (unpaired) electrons. The number of carbonyl (C=O) groups excluding carboxylic acids is 2. The highest BCUT2D eigenvalue weighted by Gasteiger charge is 2.15. The van der Waals surface area contributed by atoms with Gasteiger partial charge in [-0.05, 0) is 35.4 Å². The van der Waals surface area contributed by atoms with Gasteiger partial charge >= 0.3 is 5.97 Å². The number of rotatable bonds is 6. The zero-order chi connectivity index (χ0) is 20.8. The Labute approximate surface area is 171 Å². The van der Waals surface area contributed by atoms with Gasteiger partial charge in [0, 0.05) is 11.8 Å². The Morgan fingerprint density at radius 1 is 0.966 bits per heavy atom.